The minimum Gasteiger partial charge on any atom is -0.473 e. The molecule has 2 fully saturated rings. The van der Waals surface area contributed by atoms with Crippen LogP contribution in [0.3, 0.4) is 0 Å². The van der Waals surface area contributed by atoms with Crippen LogP contribution in [0.5, 0.6) is 5.88 Å². The number of piperazine rings is 1. The van der Waals surface area contributed by atoms with Crippen LogP contribution >= 0.6 is 11.6 Å². The molecule has 108 valence electrons. The number of ether oxygens (including phenoxy) is 1. The highest BCUT2D eigenvalue weighted by atomic mass is 35.5. The summed E-state index contributed by atoms with van der Waals surface area (Å²) in [7, 11) is 0. The predicted octanol–water partition coefficient (Wildman–Crippen LogP) is 1.55. The topological polar surface area (TPSA) is 65.9 Å². The number of halogens is 1. The van der Waals surface area contributed by atoms with Gasteiger partial charge in [0.05, 0.1) is 11.1 Å². The van der Waals surface area contributed by atoms with Gasteiger partial charge in [-0.3, -0.25) is 4.90 Å². The molecular formula is C13H16ClN3O3. The Morgan fingerprint density at radius 3 is 2.95 bits per heavy atom. The molecule has 6 nitrogen and oxygen atoms in total. The fourth-order valence-electron chi connectivity index (χ4n) is 2.86. The molecule has 20 heavy (non-hydrogen) atoms. The van der Waals surface area contributed by atoms with Gasteiger partial charge in [0.25, 0.3) is 0 Å². The zero-order valence-corrected chi connectivity index (χ0v) is 11.7. The van der Waals surface area contributed by atoms with E-state index in [2.05, 4.69) is 9.88 Å². The van der Waals surface area contributed by atoms with Gasteiger partial charge in [-0.15, -0.1) is 0 Å². The molecule has 0 aromatic carbocycles. The van der Waals surface area contributed by atoms with Gasteiger partial charge in [-0.05, 0) is 12.5 Å². The van der Waals surface area contributed by atoms with Crippen molar-refractivity contribution < 1.29 is 14.6 Å². The zero-order chi connectivity index (χ0) is 14.1. The van der Waals surface area contributed by atoms with Gasteiger partial charge in [0.2, 0.25) is 5.88 Å². The summed E-state index contributed by atoms with van der Waals surface area (Å²) >= 11 is 5.79. The molecule has 2 saturated heterocycles. The molecule has 2 unspecified atom stereocenters. The summed E-state index contributed by atoms with van der Waals surface area (Å²) in [4.78, 5) is 19.0. The normalized spacial score (nSPS) is 26.4. The van der Waals surface area contributed by atoms with Crippen LogP contribution in [0.2, 0.25) is 5.02 Å². The molecule has 2 atom stereocenters. The quantitative estimate of drug-likeness (QED) is 0.897. The third-order valence-corrected chi connectivity index (χ3v) is 4.13. The van der Waals surface area contributed by atoms with Crippen molar-refractivity contribution in [3.8, 4) is 5.88 Å². The van der Waals surface area contributed by atoms with E-state index >= 15 is 0 Å². The molecule has 0 spiro atoms. The Morgan fingerprint density at radius 1 is 1.40 bits per heavy atom. The van der Waals surface area contributed by atoms with Gasteiger partial charge in [-0.25, -0.2) is 9.78 Å². The summed E-state index contributed by atoms with van der Waals surface area (Å²) in [6.45, 7) is 2.77. The largest absolute Gasteiger partial charge is 0.473 e. The first kappa shape index (κ1) is 13.5. The minimum absolute atomic E-state index is 0.0224. The second kappa shape index (κ2) is 5.46. The number of amides is 1. The van der Waals surface area contributed by atoms with Gasteiger partial charge in [0, 0.05) is 38.4 Å². The smallest absolute Gasteiger partial charge is 0.407 e. The van der Waals surface area contributed by atoms with Crippen molar-refractivity contribution in [1.82, 2.24) is 14.8 Å². The van der Waals surface area contributed by atoms with Crippen LogP contribution in [-0.4, -0.2) is 64.3 Å². The van der Waals surface area contributed by atoms with E-state index in [1.165, 1.54) is 4.90 Å². The van der Waals surface area contributed by atoms with Crippen LogP contribution in [0.4, 0.5) is 4.79 Å². The van der Waals surface area contributed by atoms with Crippen LogP contribution < -0.4 is 4.74 Å². The number of hydrogen-bond acceptors (Lipinski definition) is 4. The van der Waals surface area contributed by atoms with E-state index in [-0.39, 0.29) is 12.1 Å². The average molecular weight is 298 g/mol. The second-order valence-corrected chi connectivity index (χ2v) is 5.53. The number of rotatable bonds is 2. The van der Waals surface area contributed by atoms with Gasteiger partial charge in [-0.1, -0.05) is 11.6 Å². The molecule has 2 aliphatic heterocycles. The van der Waals surface area contributed by atoms with E-state index < -0.39 is 6.09 Å². The van der Waals surface area contributed by atoms with E-state index in [1.54, 1.807) is 18.3 Å². The van der Waals surface area contributed by atoms with Crippen molar-refractivity contribution in [3.63, 3.8) is 0 Å². The number of carbonyl (C=O) groups is 1. The molecule has 0 radical (unpaired) electrons. The van der Waals surface area contributed by atoms with Crippen LogP contribution in [0, 0.1) is 0 Å². The third-order valence-electron chi connectivity index (χ3n) is 3.91. The Morgan fingerprint density at radius 2 is 2.25 bits per heavy atom. The molecule has 1 aromatic heterocycles. The van der Waals surface area contributed by atoms with Crippen molar-refractivity contribution in [2.24, 2.45) is 0 Å². The number of hydrogen-bond donors (Lipinski definition) is 1. The molecule has 1 aromatic rings. The Balaban J connectivity index is 1.68. The summed E-state index contributed by atoms with van der Waals surface area (Å²) in [5.74, 6) is 0.536. The lowest BCUT2D eigenvalue weighted by Crippen LogP contribution is -2.55. The van der Waals surface area contributed by atoms with Gasteiger partial charge >= 0.3 is 6.09 Å². The molecular weight excluding hydrogens is 282 g/mol. The monoisotopic (exact) mass is 297 g/mol. The number of fused-ring (bicyclic) bond motifs is 1. The zero-order valence-electron chi connectivity index (χ0n) is 10.9. The fourth-order valence-corrected chi connectivity index (χ4v) is 2.97. The van der Waals surface area contributed by atoms with Gasteiger partial charge in [-0.2, -0.15) is 0 Å². The van der Waals surface area contributed by atoms with E-state index in [9.17, 15) is 4.79 Å². The van der Waals surface area contributed by atoms with Crippen molar-refractivity contribution >= 4 is 17.7 Å². The Kier molecular flexibility index (Phi) is 3.67. The van der Waals surface area contributed by atoms with Crippen molar-refractivity contribution in [3.05, 3.63) is 23.4 Å². The van der Waals surface area contributed by atoms with Crippen LogP contribution in [0.1, 0.15) is 6.42 Å². The highest BCUT2D eigenvalue weighted by Gasteiger charge is 2.40. The van der Waals surface area contributed by atoms with Gasteiger partial charge in [0.15, 0.2) is 0 Å². The number of carboxylic acid groups (broad SMARTS) is 1. The Hall–Kier alpha value is -1.53. The summed E-state index contributed by atoms with van der Waals surface area (Å²) in [6.07, 6.45) is 1.56. The molecule has 0 aliphatic carbocycles. The Bertz CT molecular complexity index is 496. The average Bonchev–Trinajstić information content (AvgIpc) is 2.84. The molecule has 1 N–H and O–H groups in total. The van der Waals surface area contributed by atoms with Crippen LogP contribution in [-0.2, 0) is 0 Å². The van der Waals surface area contributed by atoms with Crippen LogP contribution in [0.25, 0.3) is 0 Å². The van der Waals surface area contributed by atoms with Crippen LogP contribution in [0.15, 0.2) is 18.3 Å². The molecule has 3 rings (SSSR count). The molecule has 1 amide bonds. The highest BCUT2D eigenvalue weighted by molar-refractivity contribution is 6.30. The standard InChI is InChI=1S/C13H16ClN3O3/c14-9-1-2-12(15-7-9)20-11-3-4-16-5-6-17(13(18)19)8-10(11)16/h1-2,7,10-11H,3-6,8H2,(H,18,19). The minimum atomic E-state index is -0.861. The van der Waals surface area contributed by atoms with E-state index in [0.717, 1.165) is 19.5 Å². The van der Waals surface area contributed by atoms with Crippen molar-refractivity contribution in [2.75, 3.05) is 26.2 Å². The summed E-state index contributed by atoms with van der Waals surface area (Å²) in [5.41, 5.74) is 0. The molecule has 0 saturated carbocycles. The molecule has 3 heterocycles. The van der Waals surface area contributed by atoms with Gasteiger partial charge < -0.3 is 14.7 Å². The first-order chi connectivity index (χ1) is 9.63. The van der Waals surface area contributed by atoms with Gasteiger partial charge in [0.1, 0.15) is 6.10 Å². The first-order valence-corrected chi connectivity index (χ1v) is 7.01. The molecule has 7 heteroatoms. The van der Waals surface area contributed by atoms with E-state index in [4.69, 9.17) is 21.4 Å². The lowest BCUT2D eigenvalue weighted by Gasteiger charge is -2.37. The highest BCUT2D eigenvalue weighted by Crippen LogP contribution is 2.26. The maximum Gasteiger partial charge on any atom is 0.407 e. The number of nitrogens with zero attached hydrogens (tertiary/aromatic N) is 3. The second-order valence-electron chi connectivity index (χ2n) is 5.09. The first-order valence-electron chi connectivity index (χ1n) is 6.63. The summed E-state index contributed by atoms with van der Waals surface area (Å²) in [6, 6.07) is 3.58. The predicted molar refractivity (Wildman–Crippen MR) is 73.2 cm³/mol. The lowest BCUT2D eigenvalue weighted by molar-refractivity contribution is 0.0537. The Labute approximate surface area is 121 Å². The van der Waals surface area contributed by atoms with E-state index in [0.29, 0.717) is 24.0 Å². The molecule has 2 aliphatic rings. The van der Waals surface area contributed by atoms with E-state index in [1.807, 2.05) is 0 Å². The SMILES string of the molecule is O=C(O)N1CCN2CCC(Oc3ccc(Cl)cn3)C2C1. The fraction of sp³-hybridized carbons (Fsp3) is 0.538. The number of pyridine rings is 1. The molecule has 0 bridgehead atoms. The third kappa shape index (κ3) is 2.66. The van der Waals surface area contributed by atoms with Crippen molar-refractivity contribution in [1.29, 1.82) is 0 Å². The summed E-state index contributed by atoms with van der Waals surface area (Å²) in [5, 5.41) is 9.67. The lowest BCUT2D eigenvalue weighted by atomic mass is 10.1. The maximum absolute atomic E-state index is 11.1. The van der Waals surface area contributed by atoms with Crippen molar-refractivity contribution in [2.45, 2.75) is 18.6 Å². The summed E-state index contributed by atoms with van der Waals surface area (Å²) < 4.78 is 5.90. The number of aromatic nitrogens is 1. The maximum atomic E-state index is 11.1.